The van der Waals surface area contributed by atoms with Gasteiger partial charge in [-0.2, -0.15) is 0 Å². The Labute approximate surface area is 267 Å². The van der Waals surface area contributed by atoms with Crippen LogP contribution in [0, 0.1) is 11.8 Å². The number of nitrogens with two attached hydrogens (primary N) is 1. The fourth-order valence-electron chi connectivity index (χ4n) is 4.98. The largest absolute Gasteiger partial charge is 0.479 e. The average Bonchev–Trinajstić information content (AvgIpc) is 2.97. The van der Waals surface area contributed by atoms with Crippen LogP contribution in [0.25, 0.3) is 0 Å². The lowest BCUT2D eigenvalue weighted by molar-refractivity contribution is -0.178. The molecule has 0 aromatic heterocycles. The molecule has 0 aliphatic carbocycles. The molecule has 0 fully saturated rings. The molecule has 0 aromatic carbocycles. The first-order valence-electron chi connectivity index (χ1n) is 14.8. The summed E-state index contributed by atoms with van der Waals surface area (Å²) in [6.07, 6.45) is -11.5. The van der Waals surface area contributed by atoms with Gasteiger partial charge in [0.2, 0.25) is 11.8 Å². The fourth-order valence-corrected chi connectivity index (χ4v) is 4.98. The molecule has 18 heteroatoms. The number of aliphatic hydroxyl groups is 7. The van der Waals surface area contributed by atoms with E-state index in [1.165, 1.54) is 20.8 Å². The van der Waals surface area contributed by atoms with Gasteiger partial charge in [0.05, 0.1) is 56.3 Å². The number of carbonyl (C=O) groups excluding carboxylic acids is 2. The first kappa shape index (κ1) is 43.5. The van der Waals surface area contributed by atoms with Gasteiger partial charge in [-0.05, 0) is 13.8 Å². The lowest BCUT2D eigenvalue weighted by Gasteiger charge is -2.38. The van der Waals surface area contributed by atoms with Crippen LogP contribution < -0.4 is 16.4 Å². The van der Waals surface area contributed by atoms with E-state index in [1.807, 2.05) is 0 Å². The third kappa shape index (κ3) is 12.9. The molecule has 0 bridgehead atoms. The number of rotatable bonds is 23. The van der Waals surface area contributed by atoms with Crippen LogP contribution in [0.5, 0.6) is 0 Å². The Hall–Kier alpha value is -2.52. The summed E-state index contributed by atoms with van der Waals surface area (Å²) in [4.78, 5) is 47.8. The van der Waals surface area contributed by atoms with Crippen LogP contribution in [0.4, 0.5) is 0 Å². The number of nitrogens with one attached hydrogen (secondary N) is 2. The van der Waals surface area contributed by atoms with E-state index in [-0.39, 0.29) is 13.2 Å². The third-order valence-electron chi connectivity index (χ3n) is 7.97. The smallest absolute Gasteiger partial charge is 0.335 e. The average molecular weight is 672 g/mol. The number of aliphatic carboxylic acids is 2. The van der Waals surface area contributed by atoms with Crippen LogP contribution in [-0.4, -0.2) is 156 Å². The minimum Gasteiger partial charge on any atom is -0.479 e. The SMILES string of the molecule is CC(=O)N[C@@H](C(C)[C@H](O)[C@H](O)CO)[C@H](O)C[C@](C)(OC[C@@H](O)[C@@H](O)C(C)[C@H](NC(C)=O)[C@H](O)C[C@](C)(OCCN)C(=O)O)C(=O)O. The van der Waals surface area contributed by atoms with Gasteiger partial charge in [0.1, 0.15) is 12.2 Å². The highest BCUT2D eigenvalue weighted by Gasteiger charge is 2.45. The summed E-state index contributed by atoms with van der Waals surface area (Å²) < 4.78 is 10.7. The molecule has 270 valence electrons. The van der Waals surface area contributed by atoms with Crippen molar-refractivity contribution in [3.05, 3.63) is 0 Å². The number of amides is 2. The van der Waals surface area contributed by atoms with Crippen molar-refractivity contribution in [2.24, 2.45) is 17.6 Å². The van der Waals surface area contributed by atoms with Crippen molar-refractivity contribution >= 4 is 23.8 Å². The lowest BCUT2D eigenvalue weighted by Crippen LogP contribution is -2.57. The van der Waals surface area contributed by atoms with Crippen LogP contribution in [-0.2, 0) is 28.7 Å². The number of aliphatic hydroxyl groups excluding tert-OH is 7. The van der Waals surface area contributed by atoms with Crippen LogP contribution in [0.15, 0.2) is 0 Å². The molecule has 2 unspecified atom stereocenters. The minimum absolute atomic E-state index is 0.0105. The Morgan fingerprint density at radius 3 is 1.39 bits per heavy atom. The van der Waals surface area contributed by atoms with Gasteiger partial charge in [0, 0.05) is 45.1 Å². The van der Waals surface area contributed by atoms with Crippen LogP contribution in [0.1, 0.15) is 54.4 Å². The van der Waals surface area contributed by atoms with E-state index in [9.17, 15) is 60.0 Å². The number of hydrogen-bond acceptors (Lipinski definition) is 14. The van der Waals surface area contributed by atoms with Gasteiger partial charge < -0.3 is 71.8 Å². The predicted octanol–water partition coefficient (Wildman–Crippen LogP) is -4.12. The summed E-state index contributed by atoms with van der Waals surface area (Å²) in [7, 11) is 0. The molecule has 12 atom stereocenters. The molecule has 0 aliphatic heterocycles. The quantitative estimate of drug-likeness (QED) is 0.0491. The normalized spacial score (nSPS) is 21.1. The second kappa shape index (κ2) is 19.3. The van der Waals surface area contributed by atoms with Gasteiger partial charge in [-0.15, -0.1) is 0 Å². The minimum atomic E-state index is -2.25. The van der Waals surface area contributed by atoms with Crippen molar-refractivity contribution < 1.29 is 74.6 Å². The molecule has 0 saturated heterocycles. The monoisotopic (exact) mass is 671 g/mol. The molecular weight excluding hydrogens is 618 g/mol. The summed E-state index contributed by atoms with van der Waals surface area (Å²) in [6.45, 7) is 5.30. The number of hydrogen-bond donors (Lipinski definition) is 12. The van der Waals surface area contributed by atoms with Gasteiger partial charge in [-0.1, -0.05) is 13.8 Å². The van der Waals surface area contributed by atoms with Gasteiger partial charge in [0.25, 0.3) is 0 Å². The Balaban J connectivity index is 5.93. The first-order valence-corrected chi connectivity index (χ1v) is 14.8. The second-order valence-corrected chi connectivity index (χ2v) is 12.0. The topological polar surface area (TPSA) is 319 Å². The van der Waals surface area contributed by atoms with Crippen molar-refractivity contribution in [2.45, 2.75) is 114 Å². The maximum atomic E-state index is 12.2. The highest BCUT2D eigenvalue weighted by Crippen LogP contribution is 2.27. The van der Waals surface area contributed by atoms with Gasteiger partial charge in [0.15, 0.2) is 11.2 Å². The van der Waals surface area contributed by atoms with Crippen molar-refractivity contribution in [2.75, 3.05) is 26.4 Å². The van der Waals surface area contributed by atoms with Gasteiger partial charge >= 0.3 is 11.9 Å². The number of carbonyl (C=O) groups is 4. The Kier molecular flexibility index (Phi) is 18.3. The molecule has 18 nitrogen and oxygen atoms in total. The number of carboxylic acids is 2. The van der Waals surface area contributed by atoms with Gasteiger partial charge in [-0.3, -0.25) is 9.59 Å². The predicted molar refractivity (Wildman–Crippen MR) is 159 cm³/mol. The fraction of sp³-hybridized carbons (Fsp3) is 0.857. The van der Waals surface area contributed by atoms with E-state index >= 15 is 0 Å². The van der Waals surface area contributed by atoms with Crippen molar-refractivity contribution in [3.8, 4) is 0 Å². The van der Waals surface area contributed by atoms with E-state index in [0.717, 1.165) is 20.8 Å². The maximum Gasteiger partial charge on any atom is 0.335 e. The zero-order chi connectivity index (χ0) is 36.2. The summed E-state index contributed by atoms with van der Waals surface area (Å²) in [5.41, 5.74) is 1.21. The molecule has 0 spiro atoms. The zero-order valence-electron chi connectivity index (χ0n) is 27.1. The highest BCUT2D eigenvalue weighted by atomic mass is 16.5. The summed E-state index contributed by atoms with van der Waals surface area (Å²) >= 11 is 0. The summed E-state index contributed by atoms with van der Waals surface area (Å²) in [5, 5.41) is 97.2. The molecule has 0 aromatic rings. The standard InChI is InChI=1S/C28H53N3O15/c1-13(23(39)19(37)11-32)21(30-15(3)33)18(36)10-28(6,26(43)44)46-12-20(38)24(40)14(2)22(31-16(4)34)17(35)9-27(5,25(41)42)45-8-7-29/h13-14,17-24,32,35-40H,7-12,29H2,1-6H3,(H,30,33)(H,31,34)(H,41,42)(H,43,44)/t13?,14?,17-,18-,19-,20-,21+,22+,23+,24+,27+,28+/m1/s1. The molecule has 0 rings (SSSR count). The molecule has 0 heterocycles. The third-order valence-corrected chi connectivity index (χ3v) is 7.97. The molecule has 0 aliphatic rings. The number of carboxylic acid groups (broad SMARTS) is 2. The summed E-state index contributed by atoms with van der Waals surface area (Å²) in [5.74, 6) is -6.60. The second-order valence-electron chi connectivity index (χ2n) is 12.0. The molecule has 0 saturated carbocycles. The lowest BCUT2D eigenvalue weighted by atomic mass is 9.83. The molecule has 0 radical (unpaired) electrons. The molecule has 2 amide bonds. The van der Waals surface area contributed by atoms with Crippen LogP contribution in [0.3, 0.4) is 0 Å². The summed E-state index contributed by atoms with van der Waals surface area (Å²) in [6, 6.07) is -2.65. The van der Waals surface area contributed by atoms with E-state index in [4.69, 9.17) is 20.3 Å². The van der Waals surface area contributed by atoms with Crippen LogP contribution in [0.2, 0.25) is 0 Å². The van der Waals surface area contributed by atoms with E-state index < -0.39 is 122 Å². The van der Waals surface area contributed by atoms with E-state index in [0.29, 0.717) is 0 Å². The maximum absolute atomic E-state index is 12.2. The van der Waals surface area contributed by atoms with E-state index in [1.54, 1.807) is 0 Å². The molecule has 46 heavy (non-hydrogen) atoms. The van der Waals surface area contributed by atoms with Crippen LogP contribution >= 0.6 is 0 Å². The number of ether oxygens (including phenoxy) is 2. The molecular formula is C28H53N3O15. The van der Waals surface area contributed by atoms with E-state index in [2.05, 4.69) is 10.6 Å². The highest BCUT2D eigenvalue weighted by molar-refractivity contribution is 5.77. The van der Waals surface area contributed by atoms with Crippen molar-refractivity contribution in [1.82, 2.24) is 10.6 Å². The first-order chi connectivity index (χ1) is 21.1. The Morgan fingerprint density at radius 1 is 0.696 bits per heavy atom. The zero-order valence-corrected chi connectivity index (χ0v) is 27.1. The Morgan fingerprint density at radius 2 is 1.07 bits per heavy atom. The Bertz CT molecular complexity index is 990. The van der Waals surface area contributed by atoms with Gasteiger partial charge in [-0.25, -0.2) is 9.59 Å². The van der Waals surface area contributed by atoms with Crippen molar-refractivity contribution in [3.63, 3.8) is 0 Å². The molecule has 13 N–H and O–H groups in total. The van der Waals surface area contributed by atoms with Crippen molar-refractivity contribution in [1.29, 1.82) is 0 Å².